The van der Waals surface area contributed by atoms with Gasteiger partial charge in [0.15, 0.2) is 0 Å². The van der Waals surface area contributed by atoms with Gasteiger partial charge in [-0.15, -0.1) is 0 Å². The molecule has 0 bridgehead atoms. The van der Waals surface area contributed by atoms with Crippen LogP contribution in [-0.4, -0.2) is 18.0 Å². The molecule has 2 aromatic carbocycles. The molecule has 1 saturated heterocycles. The van der Waals surface area contributed by atoms with Gasteiger partial charge in [0.1, 0.15) is 0 Å². The van der Waals surface area contributed by atoms with Gasteiger partial charge >= 0.3 is 0 Å². The maximum absolute atomic E-state index is 8.96. The Morgan fingerprint density at radius 3 is 2.52 bits per heavy atom. The summed E-state index contributed by atoms with van der Waals surface area (Å²) in [5, 5.41) is 8.96. The Labute approximate surface area is 125 Å². The SMILES string of the molecule is N#Cc1ccc([C@@H]2CN3CCC[C@H]3c3ccccc32)cc1. The van der Waals surface area contributed by atoms with Crippen LogP contribution in [0.1, 0.15) is 47.1 Å². The summed E-state index contributed by atoms with van der Waals surface area (Å²) in [6.45, 7) is 2.32. The molecule has 21 heavy (non-hydrogen) atoms. The smallest absolute Gasteiger partial charge is 0.0991 e. The van der Waals surface area contributed by atoms with E-state index in [-0.39, 0.29) is 0 Å². The van der Waals surface area contributed by atoms with Crippen molar-refractivity contribution in [2.24, 2.45) is 0 Å². The van der Waals surface area contributed by atoms with Crippen molar-refractivity contribution in [3.05, 3.63) is 70.8 Å². The van der Waals surface area contributed by atoms with Crippen molar-refractivity contribution in [3.8, 4) is 6.07 Å². The zero-order valence-electron chi connectivity index (χ0n) is 12.0. The van der Waals surface area contributed by atoms with Gasteiger partial charge in [-0.2, -0.15) is 5.26 Å². The third-order valence-electron chi connectivity index (χ3n) is 4.95. The summed E-state index contributed by atoms with van der Waals surface area (Å²) in [5.74, 6) is 0.434. The molecule has 4 rings (SSSR count). The van der Waals surface area contributed by atoms with Crippen molar-refractivity contribution in [2.75, 3.05) is 13.1 Å². The molecule has 0 radical (unpaired) electrons. The van der Waals surface area contributed by atoms with Gasteiger partial charge in [-0.1, -0.05) is 36.4 Å². The molecule has 2 atom stereocenters. The van der Waals surface area contributed by atoms with E-state index >= 15 is 0 Å². The van der Waals surface area contributed by atoms with Crippen LogP contribution in [0.15, 0.2) is 48.5 Å². The Morgan fingerprint density at radius 1 is 1.00 bits per heavy atom. The number of hydrogen-bond donors (Lipinski definition) is 0. The van der Waals surface area contributed by atoms with Crippen LogP contribution in [-0.2, 0) is 0 Å². The van der Waals surface area contributed by atoms with E-state index in [9.17, 15) is 0 Å². The van der Waals surface area contributed by atoms with Crippen LogP contribution >= 0.6 is 0 Å². The molecule has 1 fully saturated rings. The minimum atomic E-state index is 0.434. The lowest BCUT2D eigenvalue weighted by molar-refractivity contribution is 0.230. The van der Waals surface area contributed by atoms with Crippen LogP contribution in [0.3, 0.4) is 0 Å². The third-order valence-corrected chi connectivity index (χ3v) is 4.95. The van der Waals surface area contributed by atoms with Crippen molar-refractivity contribution in [2.45, 2.75) is 24.8 Å². The normalized spacial score (nSPS) is 24.1. The van der Waals surface area contributed by atoms with Crippen molar-refractivity contribution in [1.82, 2.24) is 4.90 Å². The average Bonchev–Trinajstić information content (AvgIpc) is 3.03. The number of nitriles is 1. The van der Waals surface area contributed by atoms with Crippen molar-refractivity contribution >= 4 is 0 Å². The van der Waals surface area contributed by atoms with E-state index in [0.29, 0.717) is 12.0 Å². The van der Waals surface area contributed by atoms with Crippen LogP contribution in [0.2, 0.25) is 0 Å². The van der Waals surface area contributed by atoms with Crippen LogP contribution in [0.4, 0.5) is 0 Å². The lowest BCUT2D eigenvalue weighted by atomic mass is 9.81. The topological polar surface area (TPSA) is 27.0 Å². The van der Waals surface area contributed by atoms with Gasteiger partial charge in [-0.25, -0.2) is 0 Å². The first-order valence-corrected chi connectivity index (χ1v) is 7.70. The quantitative estimate of drug-likeness (QED) is 0.790. The van der Waals surface area contributed by atoms with Crippen LogP contribution in [0.25, 0.3) is 0 Å². The number of hydrogen-bond acceptors (Lipinski definition) is 2. The number of rotatable bonds is 1. The molecule has 2 aliphatic rings. The first kappa shape index (κ1) is 12.6. The van der Waals surface area contributed by atoms with Crippen LogP contribution < -0.4 is 0 Å². The fourth-order valence-electron chi connectivity index (χ4n) is 3.94. The molecule has 0 amide bonds. The Kier molecular flexibility index (Phi) is 3.02. The Morgan fingerprint density at radius 2 is 1.76 bits per heavy atom. The minimum absolute atomic E-state index is 0.434. The molecular formula is C19H18N2. The van der Waals surface area contributed by atoms with E-state index in [1.165, 1.54) is 36.1 Å². The highest BCUT2D eigenvalue weighted by atomic mass is 15.2. The molecule has 0 aliphatic carbocycles. The van der Waals surface area contributed by atoms with Gasteiger partial charge in [0, 0.05) is 18.5 Å². The standard InChI is InChI=1S/C19H18N2/c20-12-14-7-9-15(10-8-14)18-13-21-11-3-6-19(21)17-5-2-1-4-16(17)18/h1-2,4-5,7-10,18-19H,3,6,11,13H2/t18-,19-/m0/s1. The van der Waals surface area contributed by atoms with E-state index < -0.39 is 0 Å². The van der Waals surface area contributed by atoms with Crippen LogP contribution in [0.5, 0.6) is 0 Å². The molecule has 0 aromatic heterocycles. The summed E-state index contributed by atoms with van der Waals surface area (Å²) >= 11 is 0. The molecule has 0 spiro atoms. The molecule has 0 unspecified atom stereocenters. The summed E-state index contributed by atoms with van der Waals surface area (Å²) in [5.41, 5.74) is 5.05. The molecule has 2 heterocycles. The predicted octanol–water partition coefficient (Wildman–Crippen LogP) is 3.84. The number of benzene rings is 2. The van der Waals surface area contributed by atoms with Gasteiger partial charge in [0.25, 0.3) is 0 Å². The predicted molar refractivity (Wildman–Crippen MR) is 83.0 cm³/mol. The van der Waals surface area contributed by atoms with E-state index in [2.05, 4.69) is 47.4 Å². The van der Waals surface area contributed by atoms with Crippen molar-refractivity contribution in [3.63, 3.8) is 0 Å². The van der Waals surface area contributed by atoms with Crippen molar-refractivity contribution < 1.29 is 0 Å². The second-order valence-corrected chi connectivity index (χ2v) is 6.07. The first-order valence-electron chi connectivity index (χ1n) is 7.70. The zero-order chi connectivity index (χ0) is 14.2. The zero-order valence-corrected chi connectivity index (χ0v) is 12.0. The molecule has 2 aliphatic heterocycles. The monoisotopic (exact) mass is 274 g/mol. The van der Waals surface area contributed by atoms with Gasteiger partial charge in [0.2, 0.25) is 0 Å². The highest BCUT2D eigenvalue weighted by molar-refractivity contribution is 5.44. The highest BCUT2D eigenvalue weighted by Gasteiger charge is 2.35. The average molecular weight is 274 g/mol. The summed E-state index contributed by atoms with van der Waals surface area (Å²) in [6, 6.07) is 19.8. The molecule has 2 nitrogen and oxygen atoms in total. The molecule has 2 aromatic rings. The Hall–Kier alpha value is -2.11. The summed E-state index contributed by atoms with van der Waals surface area (Å²) < 4.78 is 0. The lowest BCUT2D eigenvalue weighted by Gasteiger charge is -2.37. The van der Waals surface area contributed by atoms with Gasteiger partial charge in [0.05, 0.1) is 11.6 Å². The second-order valence-electron chi connectivity index (χ2n) is 6.07. The van der Waals surface area contributed by atoms with Gasteiger partial charge in [-0.3, -0.25) is 4.90 Å². The minimum Gasteiger partial charge on any atom is -0.295 e. The molecular weight excluding hydrogens is 256 g/mol. The van der Waals surface area contributed by atoms with E-state index in [1.807, 2.05) is 12.1 Å². The molecule has 0 saturated carbocycles. The van der Waals surface area contributed by atoms with Crippen LogP contribution in [0, 0.1) is 11.3 Å². The maximum Gasteiger partial charge on any atom is 0.0991 e. The van der Waals surface area contributed by atoms with Crippen molar-refractivity contribution in [1.29, 1.82) is 5.26 Å². The fourth-order valence-corrected chi connectivity index (χ4v) is 3.94. The maximum atomic E-state index is 8.96. The summed E-state index contributed by atoms with van der Waals surface area (Å²) in [6.07, 6.45) is 2.59. The highest BCUT2D eigenvalue weighted by Crippen LogP contribution is 2.43. The first-order chi connectivity index (χ1) is 10.4. The number of nitrogens with zero attached hydrogens (tertiary/aromatic N) is 2. The molecule has 104 valence electrons. The van der Waals surface area contributed by atoms with Gasteiger partial charge in [-0.05, 0) is 48.2 Å². The largest absolute Gasteiger partial charge is 0.295 e. The fraction of sp³-hybridized carbons (Fsp3) is 0.316. The van der Waals surface area contributed by atoms with E-state index in [1.54, 1.807) is 0 Å². The summed E-state index contributed by atoms with van der Waals surface area (Å²) in [7, 11) is 0. The lowest BCUT2D eigenvalue weighted by Crippen LogP contribution is -2.34. The van der Waals surface area contributed by atoms with Gasteiger partial charge < -0.3 is 0 Å². The number of fused-ring (bicyclic) bond motifs is 3. The molecule has 2 heteroatoms. The Balaban J connectivity index is 1.78. The Bertz CT molecular complexity index is 696. The van der Waals surface area contributed by atoms with E-state index in [4.69, 9.17) is 5.26 Å². The molecule has 0 N–H and O–H groups in total. The third kappa shape index (κ3) is 2.05. The summed E-state index contributed by atoms with van der Waals surface area (Å²) in [4.78, 5) is 2.63. The van der Waals surface area contributed by atoms with E-state index in [0.717, 1.165) is 12.1 Å². The second kappa shape index (κ2) is 5.02.